The Hall–Kier alpha value is -0.500. The van der Waals surface area contributed by atoms with Crippen LogP contribution in [0.5, 0.6) is 0 Å². The highest BCUT2D eigenvalue weighted by atomic mass is 127. The molecular weight excluding hydrogens is 505 g/mol. The third-order valence-corrected chi connectivity index (χ3v) is 6.12. The first kappa shape index (κ1) is 20.2. The van der Waals surface area contributed by atoms with E-state index in [0.717, 1.165) is 28.6 Å². The second-order valence-corrected chi connectivity index (χ2v) is 9.34. The van der Waals surface area contributed by atoms with Gasteiger partial charge in [-0.2, -0.15) is 0 Å². The van der Waals surface area contributed by atoms with Crippen LogP contribution in [0.2, 0.25) is 15.1 Å². The zero-order chi connectivity index (χ0) is 18.8. The maximum atomic E-state index is 6.41. The van der Waals surface area contributed by atoms with Gasteiger partial charge in [0.25, 0.3) is 0 Å². The number of benzene rings is 1. The number of aromatic nitrogens is 2. The Kier molecular flexibility index (Phi) is 6.75. The van der Waals surface area contributed by atoms with E-state index >= 15 is 0 Å². The second-order valence-electron chi connectivity index (χ2n) is 6.90. The molecular formula is C18H20Cl3IN4. The van der Waals surface area contributed by atoms with E-state index in [9.17, 15) is 0 Å². The van der Waals surface area contributed by atoms with Gasteiger partial charge in [0.15, 0.2) is 5.82 Å². The van der Waals surface area contributed by atoms with Crippen LogP contribution in [0, 0.1) is 15.4 Å². The number of halogens is 4. The van der Waals surface area contributed by atoms with Crippen molar-refractivity contribution < 1.29 is 0 Å². The van der Waals surface area contributed by atoms with Gasteiger partial charge in [-0.15, -0.1) is 0 Å². The molecule has 4 nitrogen and oxygen atoms in total. The molecule has 1 fully saturated rings. The van der Waals surface area contributed by atoms with Crippen molar-refractivity contribution >= 4 is 69.0 Å². The van der Waals surface area contributed by atoms with Crippen molar-refractivity contribution in [1.82, 2.24) is 9.97 Å². The predicted molar refractivity (Wildman–Crippen MR) is 118 cm³/mol. The predicted octanol–water partition coefficient (Wildman–Crippen LogP) is 5.72. The van der Waals surface area contributed by atoms with Gasteiger partial charge in [-0.1, -0.05) is 41.7 Å². The molecule has 0 radical (unpaired) electrons. The summed E-state index contributed by atoms with van der Waals surface area (Å²) >= 11 is 21.4. The fourth-order valence-electron chi connectivity index (χ4n) is 3.01. The van der Waals surface area contributed by atoms with Gasteiger partial charge in [-0.25, -0.2) is 9.97 Å². The number of rotatable bonds is 7. The van der Waals surface area contributed by atoms with E-state index in [0.29, 0.717) is 38.5 Å². The van der Waals surface area contributed by atoms with Crippen LogP contribution < -0.4 is 10.6 Å². The summed E-state index contributed by atoms with van der Waals surface area (Å²) in [5, 5.41) is 1.85. The smallest absolute Gasteiger partial charge is 0.153 e. The maximum absolute atomic E-state index is 6.41. The fourth-order valence-corrected chi connectivity index (χ4v) is 4.86. The average molecular weight is 526 g/mol. The number of nitrogens with zero attached hydrogens (tertiary/aromatic N) is 3. The first-order valence-electron chi connectivity index (χ1n) is 8.49. The summed E-state index contributed by atoms with van der Waals surface area (Å²) in [5.41, 5.74) is 6.85. The minimum Gasteiger partial charge on any atom is -0.382 e. The number of nitrogens with two attached hydrogens (primary N) is 1. The van der Waals surface area contributed by atoms with Gasteiger partial charge in [0.05, 0.1) is 0 Å². The van der Waals surface area contributed by atoms with E-state index in [-0.39, 0.29) is 0 Å². The molecule has 0 spiro atoms. The van der Waals surface area contributed by atoms with Gasteiger partial charge in [0.1, 0.15) is 17.2 Å². The second kappa shape index (κ2) is 8.67. The summed E-state index contributed by atoms with van der Waals surface area (Å²) in [5.74, 6) is 2.03. The molecule has 1 atom stereocenters. The molecule has 0 amide bonds. The Labute approximate surface area is 182 Å². The Morgan fingerprint density at radius 2 is 1.88 bits per heavy atom. The lowest BCUT2D eigenvalue weighted by Crippen LogP contribution is -2.32. The molecule has 0 bridgehead atoms. The lowest BCUT2D eigenvalue weighted by molar-refractivity contribution is 0.544. The standard InChI is InChI=1S/C18H20Cl3IN4/c1-10(4-13-14(19)5-12(22)6-15(13)20)7-26(8-11-2-3-11)18-16(21)17(23)24-9-25-18/h5-6,9-11H,2-4,7-8H2,1H3,(H2,23,24,25). The summed E-state index contributed by atoms with van der Waals surface area (Å²) in [7, 11) is 0. The average Bonchev–Trinajstić information content (AvgIpc) is 3.37. The monoisotopic (exact) mass is 524 g/mol. The quantitative estimate of drug-likeness (QED) is 0.470. The molecule has 8 heteroatoms. The van der Waals surface area contributed by atoms with Crippen molar-refractivity contribution in [2.24, 2.45) is 11.8 Å². The van der Waals surface area contributed by atoms with Crippen molar-refractivity contribution in [3.8, 4) is 0 Å². The molecule has 26 heavy (non-hydrogen) atoms. The lowest BCUT2D eigenvalue weighted by Gasteiger charge is -2.28. The van der Waals surface area contributed by atoms with Crippen LogP contribution in [-0.2, 0) is 6.42 Å². The van der Waals surface area contributed by atoms with Gasteiger partial charge in [-0.05, 0) is 71.4 Å². The van der Waals surface area contributed by atoms with Crippen molar-refractivity contribution in [2.75, 3.05) is 23.7 Å². The van der Waals surface area contributed by atoms with E-state index in [1.54, 1.807) is 0 Å². The van der Waals surface area contributed by atoms with E-state index in [4.69, 9.17) is 40.5 Å². The minimum absolute atomic E-state index is 0.314. The van der Waals surface area contributed by atoms with Crippen molar-refractivity contribution in [2.45, 2.75) is 26.2 Å². The fraction of sp³-hybridized carbons (Fsp3) is 0.444. The minimum atomic E-state index is 0.314. The van der Waals surface area contributed by atoms with Crippen LogP contribution in [0.15, 0.2) is 18.5 Å². The van der Waals surface area contributed by atoms with Crippen LogP contribution >= 0.6 is 57.4 Å². The van der Waals surface area contributed by atoms with Crippen LogP contribution in [0.3, 0.4) is 0 Å². The molecule has 1 aliphatic rings. The molecule has 1 aromatic carbocycles. The SMILES string of the molecule is CC(Cc1c(Cl)cc(I)cc1Cl)CN(CC1CC1)c1ncnc(N)c1Cl. The molecule has 2 N–H and O–H groups in total. The lowest BCUT2D eigenvalue weighted by atomic mass is 10.00. The van der Waals surface area contributed by atoms with Crippen LogP contribution in [0.25, 0.3) is 0 Å². The highest BCUT2D eigenvalue weighted by Gasteiger charge is 2.27. The molecule has 1 aromatic heterocycles. The number of nitrogen functional groups attached to an aromatic ring is 1. The first-order valence-corrected chi connectivity index (χ1v) is 10.7. The Bertz CT molecular complexity index is 775. The summed E-state index contributed by atoms with van der Waals surface area (Å²) < 4.78 is 1.03. The van der Waals surface area contributed by atoms with E-state index in [1.807, 2.05) is 12.1 Å². The molecule has 140 valence electrons. The van der Waals surface area contributed by atoms with E-state index < -0.39 is 0 Å². The van der Waals surface area contributed by atoms with Crippen LogP contribution in [0.1, 0.15) is 25.3 Å². The van der Waals surface area contributed by atoms with Crippen molar-refractivity contribution in [3.05, 3.63) is 42.7 Å². The third-order valence-electron chi connectivity index (χ3n) is 4.46. The topological polar surface area (TPSA) is 55.0 Å². The van der Waals surface area contributed by atoms with Crippen molar-refractivity contribution in [3.63, 3.8) is 0 Å². The van der Waals surface area contributed by atoms with Crippen LogP contribution in [-0.4, -0.2) is 23.1 Å². The normalized spacial score (nSPS) is 15.1. The number of hydrogen-bond donors (Lipinski definition) is 1. The summed E-state index contributed by atoms with van der Waals surface area (Å²) in [6, 6.07) is 3.89. The highest BCUT2D eigenvalue weighted by Crippen LogP contribution is 2.35. The number of hydrogen-bond acceptors (Lipinski definition) is 4. The van der Waals surface area contributed by atoms with Gasteiger partial charge < -0.3 is 10.6 Å². The molecule has 1 heterocycles. The molecule has 1 unspecified atom stereocenters. The Morgan fingerprint density at radius 1 is 1.23 bits per heavy atom. The van der Waals surface area contributed by atoms with Gasteiger partial charge >= 0.3 is 0 Å². The Morgan fingerprint density at radius 3 is 2.50 bits per heavy atom. The van der Waals surface area contributed by atoms with Gasteiger partial charge in [-0.3, -0.25) is 0 Å². The Balaban J connectivity index is 1.77. The van der Waals surface area contributed by atoms with Crippen molar-refractivity contribution in [1.29, 1.82) is 0 Å². The maximum Gasteiger partial charge on any atom is 0.153 e. The largest absolute Gasteiger partial charge is 0.382 e. The van der Waals surface area contributed by atoms with E-state index in [2.05, 4.69) is 44.4 Å². The molecule has 3 rings (SSSR count). The zero-order valence-electron chi connectivity index (χ0n) is 14.4. The van der Waals surface area contributed by atoms with Gasteiger partial charge in [0.2, 0.25) is 0 Å². The highest BCUT2D eigenvalue weighted by molar-refractivity contribution is 14.1. The zero-order valence-corrected chi connectivity index (χ0v) is 18.8. The van der Waals surface area contributed by atoms with Crippen LogP contribution in [0.4, 0.5) is 11.6 Å². The third kappa shape index (κ3) is 5.06. The molecule has 0 saturated heterocycles. The van der Waals surface area contributed by atoms with Gasteiger partial charge in [0, 0.05) is 26.7 Å². The van der Waals surface area contributed by atoms with E-state index in [1.165, 1.54) is 19.2 Å². The molecule has 1 saturated carbocycles. The summed E-state index contributed by atoms with van der Waals surface area (Å²) in [6.45, 7) is 3.91. The molecule has 2 aromatic rings. The summed E-state index contributed by atoms with van der Waals surface area (Å²) in [4.78, 5) is 10.6. The number of anilines is 2. The molecule has 0 aliphatic heterocycles. The summed E-state index contributed by atoms with van der Waals surface area (Å²) in [6.07, 6.45) is 4.75. The first-order chi connectivity index (χ1) is 12.3. The molecule has 1 aliphatic carbocycles.